The smallest absolute Gasteiger partial charge is 0.263 e. The van der Waals surface area contributed by atoms with E-state index in [0.717, 1.165) is 16.8 Å². The number of aromatic nitrogens is 2. The van der Waals surface area contributed by atoms with Gasteiger partial charge in [0.1, 0.15) is 4.83 Å². The van der Waals surface area contributed by atoms with E-state index in [-0.39, 0.29) is 5.56 Å². The molecule has 3 heterocycles. The summed E-state index contributed by atoms with van der Waals surface area (Å²) in [6, 6.07) is 1.87. The van der Waals surface area contributed by atoms with Gasteiger partial charge in [0.25, 0.3) is 5.56 Å². The van der Waals surface area contributed by atoms with Crippen molar-refractivity contribution in [3.8, 4) is 0 Å². The third kappa shape index (κ3) is 2.09. The first-order valence-electron chi connectivity index (χ1n) is 5.57. The van der Waals surface area contributed by atoms with Crippen LogP contribution in [0.3, 0.4) is 0 Å². The van der Waals surface area contributed by atoms with Gasteiger partial charge in [0.15, 0.2) is 4.77 Å². The molecule has 1 unspecified atom stereocenters. The summed E-state index contributed by atoms with van der Waals surface area (Å²) in [6.45, 7) is 0.741. The quantitative estimate of drug-likeness (QED) is 0.861. The molecule has 1 saturated heterocycles. The van der Waals surface area contributed by atoms with Crippen LogP contribution in [0, 0.1) is 4.77 Å². The van der Waals surface area contributed by atoms with Crippen molar-refractivity contribution in [2.45, 2.75) is 24.6 Å². The van der Waals surface area contributed by atoms with Crippen molar-refractivity contribution in [3.05, 3.63) is 26.6 Å². The Balaban J connectivity index is 2.08. The minimum atomic E-state index is 0.0532. The van der Waals surface area contributed by atoms with Crippen LogP contribution in [0.25, 0.3) is 10.2 Å². The standard InChI is InChI=1S/C11H12N2OS3/c14-10-8-3-5-17-9(8)12-11(15)13(10)6-7-2-1-4-16-7/h3,5,7H,1-2,4,6H2,(H,12,15). The summed E-state index contributed by atoms with van der Waals surface area (Å²) in [5.74, 6) is 1.20. The van der Waals surface area contributed by atoms with Crippen LogP contribution < -0.4 is 5.56 Å². The summed E-state index contributed by atoms with van der Waals surface area (Å²) in [7, 11) is 0. The Morgan fingerprint density at radius 2 is 2.47 bits per heavy atom. The van der Waals surface area contributed by atoms with Crippen molar-refractivity contribution < 1.29 is 0 Å². The number of thioether (sulfide) groups is 1. The molecule has 1 N–H and O–H groups in total. The van der Waals surface area contributed by atoms with Gasteiger partial charge in [0.2, 0.25) is 0 Å². The van der Waals surface area contributed by atoms with Gasteiger partial charge in [-0.1, -0.05) is 0 Å². The lowest BCUT2D eigenvalue weighted by Crippen LogP contribution is -2.25. The molecular weight excluding hydrogens is 272 g/mol. The zero-order chi connectivity index (χ0) is 11.8. The summed E-state index contributed by atoms with van der Waals surface area (Å²) in [4.78, 5) is 16.3. The Labute approximate surface area is 112 Å². The predicted molar refractivity (Wildman–Crippen MR) is 76.7 cm³/mol. The van der Waals surface area contributed by atoms with Gasteiger partial charge in [0, 0.05) is 11.8 Å². The summed E-state index contributed by atoms with van der Waals surface area (Å²) in [6.07, 6.45) is 2.44. The molecule has 1 atom stereocenters. The number of thiophene rings is 1. The van der Waals surface area contributed by atoms with E-state index in [1.165, 1.54) is 29.9 Å². The summed E-state index contributed by atoms with van der Waals surface area (Å²) in [5.41, 5.74) is 0.0532. The first-order chi connectivity index (χ1) is 8.25. The second-order valence-electron chi connectivity index (χ2n) is 4.14. The highest BCUT2D eigenvalue weighted by molar-refractivity contribution is 8.00. The molecule has 3 rings (SSSR count). The van der Waals surface area contributed by atoms with Crippen LogP contribution in [-0.2, 0) is 6.54 Å². The molecule has 1 aliphatic heterocycles. The number of nitrogens with zero attached hydrogens (tertiary/aromatic N) is 1. The molecule has 0 bridgehead atoms. The van der Waals surface area contributed by atoms with Crippen molar-refractivity contribution >= 4 is 45.5 Å². The number of rotatable bonds is 2. The molecule has 0 aromatic carbocycles. The topological polar surface area (TPSA) is 37.8 Å². The van der Waals surface area contributed by atoms with Crippen molar-refractivity contribution in [2.24, 2.45) is 0 Å². The number of H-pyrrole nitrogens is 1. The maximum absolute atomic E-state index is 12.3. The minimum absolute atomic E-state index is 0.0532. The molecule has 6 heteroatoms. The minimum Gasteiger partial charge on any atom is -0.323 e. The molecule has 0 radical (unpaired) electrons. The van der Waals surface area contributed by atoms with Gasteiger partial charge in [-0.3, -0.25) is 9.36 Å². The molecule has 2 aromatic rings. The maximum atomic E-state index is 12.3. The van der Waals surface area contributed by atoms with E-state index in [2.05, 4.69) is 4.98 Å². The first-order valence-corrected chi connectivity index (χ1v) is 7.91. The first kappa shape index (κ1) is 11.5. The maximum Gasteiger partial charge on any atom is 0.263 e. The zero-order valence-electron chi connectivity index (χ0n) is 9.14. The third-order valence-corrected chi connectivity index (χ3v) is 5.55. The van der Waals surface area contributed by atoms with Gasteiger partial charge in [-0.05, 0) is 42.3 Å². The molecule has 2 aromatic heterocycles. The van der Waals surface area contributed by atoms with E-state index in [1.807, 2.05) is 23.2 Å². The molecule has 3 nitrogen and oxygen atoms in total. The van der Waals surface area contributed by atoms with Crippen molar-refractivity contribution in [1.29, 1.82) is 0 Å². The molecular formula is C11H12N2OS3. The van der Waals surface area contributed by atoms with E-state index in [9.17, 15) is 4.79 Å². The van der Waals surface area contributed by atoms with Crippen LogP contribution in [0.15, 0.2) is 16.2 Å². The van der Waals surface area contributed by atoms with Crippen molar-refractivity contribution in [2.75, 3.05) is 5.75 Å². The van der Waals surface area contributed by atoms with Crippen LogP contribution in [0.2, 0.25) is 0 Å². The highest BCUT2D eigenvalue weighted by Gasteiger charge is 2.18. The van der Waals surface area contributed by atoms with Gasteiger partial charge in [0.05, 0.1) is 5.39 Å². The van der Waals surface area contributed by atoms with Crippen LogP contribution in [0.5, 0.6) is 0 Å². The molecule has 90 valence electrons. The number of aromatic amines is 1. The van der Waals surface area contributed by atoms with E-state index in [0.29, 0.717) is 10.0 Å². The Morgan fingerprint density at radius 1 is 1.59 bits per heavy atom. The van der Waals surface area contributed by atoms with E-state index < -0.39 is 0 Å². The molecule has 17 heavy (non-hydrogen) atoms. The second kappa shape index (κ2) is 4.59. The van der Waals surface area contributed by atoms with Gasteiger partial charge in [-0.25, -0.2) is 0 Å². The van der Waals surface area contributed by atoms with E-state index >= 15 is 0 Å². The van der Waals surface area contributed by atoms with Gasteiger partial charge >= 0.3 is 0 Å². The monoisotopic (exact) mass is 284 g/mol. The number of hydrogen-bond donors (Lipinski definition) is 1. The third-order valence-electron chi connectivity index (χ3n) is 3.02. The number of nitrogens with one attached hydrogen (secondary N) is 1. The lowest BCUT2D eigenvalue weighted by Gasteiger charge is -2.11. The summed E-state index contributed by atoms with van der Waals surface area (Å²) >= 11 is 8.74. The zero-order valence-corrected chi connectivity index (χ0v) is 11.6. The molecule has 0 aliphatic carbocycles. The lowest BCUT2D eigenvalue weighted by molar-refractivity contribution is 0.609. The lowest BCUT2D eigenvalue weighted by atomic mass is 10.2. The van der Waals surface area contributed by atoms with Crippen LogP contribution in [0.4, 0.5) is 0 Å². The molecule has 0 saturated carbocycles. The fraction of sp³-hybridized carbons (Fsp3) is 0.455. The predicted octanol–water partition coefficient (Wildman–Crippen LogP) is 3.02. The van der Waals surface area contributed by atoms with E-state index in [4.69, 9.17) is 12.2 Å². The summed E-state index contributed by atoms with van der Waals surface area (Å²) in [5, 5.41) is 3.22. The van der Waals surface area contributed by atoms with Crippen molar-refractivity contribution in [3.63, 3.8) is 0 Å². The number of hydrogen-bond acceptors (Lipinski definition) is 4. The summed E-state index contributed by atoms with van der Waals surface area (Å²) < 4.78 is 2.27. The highest BCUT2D eigenvalue weighted by Crippen LogP contribution is 2.27. The van der Waals surface area contributed by atoms with Crippen LogP contribution >= 0.6 is 35.3 Å². The fourth-order valence-corrected chi connectivity index (χ4v) is 4.49. The van der Waals surface area contributed by atoms with Gasteiger partial charge in [-0.15, -0.1) is 11.3 Å². The Hall–Kier alpha value is -0.590. The Bertz CT molecular complexity index is 649. The molecule has 1 aliphatic rings. The Kier molecular flexibility index (Phi) is 3.10. The molecule has 0 spiro atoms. The van der Waals surface area contributed by atoms with E-state index in [1.54, 1.807) is 4.57 Å². The fourth-order valence-electron chi connectivity index (χ4n) is 2.13. The molecule has 1 fully saturated rings. The normalized spacial score (nSPS) is 20.1. The van der Waals surface area contributed by atoms with Gasteiger partial charge in [-0.2, -0.15) is 11.8 Å². The largest absolute Gasteiger partial charge is 0.323 e. The number of fused-ring (bicyclic) bond motifs is 1. The average molecular weight is 284 g/mol. The van der Waals surface area contributed by atoms with Crippen LogP contribution in [0.1, 0.15) is 12.8 Å². The van der Waals surface area contributed by atoms with Gasteiger partial charge < -0.3 is 4.98 Å². The highest BCUT2D eigenvalue weighted by atomic mass is 32.2. The SMILES string of the molecule is O=c1c2ccsc2[nH]c(=S)n1CC1CCCS1. The molecule has 0 amide bonds. The van der Waals surface area contributed by atoms with Crippen LogP contribution in [-0.4, -0.2) is 20.6 Å². The second-order valence-corrected chi connectivity index (χ2v) is 6.86. The Morgan fingerprint density at radius 3 is 3.24 bits per heavy atom. The average Bonchev–Trinajstić information content (AvgIpc) is 2.94. The van der Waals surface area contributed by atoms with Crippen molar-refractivity contribution in [1.82, 2.24) is 9.55 Å².